The number of nitrogens with one attached hydrogen (secondary N) is 1. The molecule has 3 aromatic rings. The Kier molecular flexibility index (Phi) is 4.82. The fourth-order valence-corrected chi connectivity index (χ4v) is 5.23. The Bertz CT molecular complexity index is 1120. The van der Waals surface area contributed by atoms with Crippen molar-refractivity contribution in [3.05, 3.63) is 76.0 Å². The molecule has 2 aromatic carbocycles. The zero-order chi connectivity index (χ0) is 19.7. The summed E-state index contributed by atoms with van der Waals surface area (Å²) in [6, 6.07) is 14.6. The summed E-state index contributed by atoms with van der Waals surface area (Å²) in [4.78, 5) is 14.5. The molecule has 0 fully saturated rings. The standard InChI is InChI=1S/C20H18N2O4S2/c23-20(24)14-5-7-16(8-6-14)28(25,26)21-17-3-1-2-4-18(17)22-11-9-19-15(13-22)10-12-27-19/h1-8,10,12,21H,9,11,13H2,(H,23,24). The maximum absolute atomic E-state index is 12.8. The monoisotopic (exact) mass is 414 g/mol. The third kappa shape index (κ3) is 3.61. The molecule has 6 nitrogen and oxygen atoms in total. The zero-order valence-corrected chi connectivity index (χ0v) is 16.5. The summed E-state index contributed by atoms with van der Waals surface area (Å²) in [5, 5.41) is 11.1. The molecule has 0 radical (unpaired) electrons. The Morgan fingerprint density at radius 3 is 2.57 bits per heavy atom. The number of hydrogen-bond donors (Lipinski definition) is 2. The van der Waals surface area contributed by atoms with Gasteiger partial charge in [0.05, 0.1) is 21.8 Å². The first-order valence-electron chi connectivity index (χ1n) is 8.69. The second-order valence-corrected chi connectivity index (χ2v) is 9.18. The molecule has 2 heterocycles. The highest BCUT2D eigenvalue weighted by Gasteiger charge is 2.22. The lowest BCUT2D eigenvalue weighted by molar-refractivity contribution is 0.0696. The molecular weight excluding hydrogens is 396 g/mol. The molecular formula is C20H18N2O4S2. The molecule has 0 unspecified atom stereocenters. The van der Waals surface area contributed by atoms with Crippen molar-refractivity contribution in [2.45, 2.75) is 17.9 Å². The summed E-state index contributed by atoms with van der Waals surface area (Å²) in [6.45, 7) is 1.56. The molecule has 1 aliphatic rings. The van der Waals surface area contributed by atoms with Gasteiger partial charge in [-0.1, -0.05) is 12.1 Å². The van der Waals surface area contributed by atoms with Crippen LogP contribution < -0.4 is 9.62 Å². The average Bonchev–Trinajstić information content (AvgIpc) is 3.16. The highest BCUT2D eigenvalue weighted by molar-refractivity contribution is 7.92. The minimum Gasteiger partial charge on any atom is -0.478 e. The van der Waals surface area contributed by atoms with Crippen LogP contribution >= 0.6 is 11.3 Å². The summed E-state index contributed by atoms with van der Waals surface area (Å²) in [6.07, 6.45) is 0.935. The summed E-state index contributed by atoms with van der Waals surface area (Å²) in [7, 11) is -3.83. The topological polar surface area (TPSA) is 86.7 Å². The second-order valence-electron chi connectivity index (χ2n) is 6.49. The maximum Gasteiger partial charge on any atom is 0.335 e. The van der Waals surface area contributed by atoms with Crippen LogP contribution in [0.25, 0.3) is 0 Å². The van der Waals surface area contributed by atoms with Gasteiger partial charge in [-0.05, 0) is 59.8 Å². The number of carboxylic acids is 1. The van der Waals surface area contributed by atoms with Gasteiger partial charge in [0.2, 0.25) is 0 Å². The van der Waals surface area contributed by atoms with E-state index in [0.717, 1.165) is 25.2 Å². The Balaban J connectivity index is 1.61. The van der Waals surface area contributed by atoms with Gasteiger partial charge in [-0.15, -0.1) is 11.3 Å². The number of hydrogen-bond acceptors (Lipinski definition) is 5. The van der Waals surface area contributed by atoms with Crippen LogP contribution in [0.1, 0.15) is 20.8 Å². The third-order valence-corrected chi connectivity index (χ3v) is 7.11. The number of carbonyl (C=O) groups is 1. The van der Waals surface area contributed by atoms with Crippen molar-refractivity contribution >= 4 is 38.7 Å². The van der Waals surface area contributed by atoms with E-state index < -0.39 is 16.0 Å². The van der Waals surface area contributed by atoms with E-state index in [4.69, 9.17) is 5.11 Å². The number of anilines is 2. The van der Waals surface area contributed by atoms with E-state index >= 15 is 0 Å². The summed E-state index contributed by atoms with van der Waals surface area (Å²) < 4.78 is 28.3. The van der Waals surface area contributed by atoms with E-state index in [1.54, 1.807) is 23.5 Å². The number of rotatable bonds is 5. The number of nitrogens with zero attached hydrogens (tertiary/aromatic N) is 1. The van der Waals surface area contributed by atoms with Crippen molar-refractivity contribution in [1.82, 2.24) is 0 Å². The highest BCUT2D eigenvalue weighted by atomic mass is 32.2. The van der Waals surface area contributed by atoms with E-state index in [2.05, 4.69) is 21.1 Å². The van der Waals surface area contributed by atoms with Crippen LogP contribution in [0, 0.1) is 0 Å². The van der Waals surface area contributed by atoms with Crippen LogP contribution in [0.2, 0.25) is 0 Å². The molecule has 0 amide bonds. The molecule has 0 spiro atoms. The molecule has 0 atom stereocenters. The Hall–Kier alpha value is -2.84. The van der Waals surface area contributed by atoms with Gasteiger partial charge in [0.25, 0.3) is 10.0 Å². The van der Waals surface area contributed by atoms with Gasteiger partial charge in [0, 0.05) is 18.0 Å². The minimum absolute atomic E-state index is 0.0195. The van der Waals surface area contributed by atoms with Crippen LogP contribution in [0.5, 0.6) is 0 Å². The first kappa shape index (κ1) is 18.5. The van der Waals surface area contributed by atoms with Crippen LogP contribution in [0.4, 0.5) is 11.4 Å². The molecule has 1 aliphatic heterocycles. The van der Waals surface area contributed by atoms with Crippen molar-refractivity contribution in [2.75, 3.05) is 16.2 Å². The highest BCUT2D eigenvalue weighted by Crippen LogP contribution is 2.33. The first-order chi connectivity index (χ1) is 13.4. The van der Waals surface area contributed by atoms with E-state index in [0.29, 0.717) is 5.69 Å². The van der Waals surface area contributed by atoms with Gasteiger partial charge in [-0.25, -0.2) is 13.2 Å². The fraction of sp³-hybridized carbons (Fsp3) is 0.150. The predicted octanol–water partition coefficient (Wildman–Crippen LogP) is 3.81. The lowest BCUT2D eigenvalue weighted by atomic mass is 10.1. The van der Waals surface area contributed by atoms with Crippen LogP contribution in [-0.4, -0.2) is 26.0 Å². The molecule has 0 bridgehead atoms. The van der Waals surface area contributed by atoms with Gasteiger partial charge in [0.1, 0.15) is 0 Å². The number of aromatic carboxylic acids is 1. The van der Waals surface area contributed by atoms with E-state index in [9.17, 15) is 13.2 Å². The van der Waals surface area contributed by atoms with Crippen LogP contribution in [0.3, 0.4) is 0 Å². The SMILES string of the molecule is O=C(O)c1ccc(S(=O)(=O)Nc2ccccc2N2CCc3sccc3C2)cc1. The molecule has 4 rings (SSSR count). The Morgan fingerprint density at radius 1 is 1.07 bits per heavy atom. The smallest absolute Gasteiger partial charge is 0.335 e. The Labute approximate surface area is 167 Å². The third-order valence-electron chi connectivity index (χ3n) is 4.71. The number of benzene rings is 2. The molecule has 0 aliphatic carbocycles. The van der Waals surface area contributed by atoms with Crippen molar-refractivity contribution in [2.24, 2.45) is 0 Å². The zero-order valence-electron chi connectivity index (χ0n) is 14.8. The Morgan fingerprint density at radius 2 is 1.82 bits per heavy atom. The number of thiophene rings is 1. The normalized spacial score (nSPS) is 13.8. The maximum atomic E-state index is 12.8. The molecule has 144 valence electrons. The lowest BCUT2D eigenvalue weighted by Crippen LogP contribution is -2.30. The number of carboxylic acid groups (broad SMARTS) is 1. The molecule has 0 saturated heterocycles. The summed E-state index contributed by atoms with van der Waals surface area (Å²) in [5.74, 6) is -1.10. The van der Waals surface area contributed by atoms with Crippen molar-refractivity contribution in [3.8, 4) is 0 Å². The van der Waals surface area contributed by atoms with Crippen LogP contribution in [-0.2, 0) is 23.0 Å². The van der Waals surface area contributed by atoms with Crippen molar-refractivity contribution in [3.63, 3.8) is 0 Å². The second kappa shape index (κ2) is 7.29. The summed E-state index contributed by atoms with van der Waals surface area (Å²) >= 11 is 1.76. The van der Waals surface area contributed by atoms with E-state index in [-0.39, 0.29) is 10.5 Å². The lowest BCUT2D eigenvalue weighted by Gasteiger charge is -2.30. The van der Waals surface area contributed by atoms with Gasteiger partial charge < -0.3 is 10.0 Å². The number of para-hydroxylation sites is 2. The van der Waals surface area contributed by atoms with Crippen molar-refractivity contribution < 1.29 is 18.3 Å². The van der Waals surface area contributed by atoms with Gasteiger partial charge >= 0.3 is 5.97 Å². The van der Waals surface area contributed by atoms with E-state index in [1.807, 2.05) is 12.1 Å². The molecule has 0 saturated carbocycles. The number of sulfonamides is 1. The fourth-order valence-electron chi connectivity index (χ4n) is 3.27. The number of fused-ring (bicyclic) bond motifs is 1. The molecule has 2 N–H and O–H groups in total. The first-order valence-corrected chi connectivity index (χ1v) is 11.1. The molecule has 28 heavy (non-hydrogen) atoms. The molecule has 1 aromatic heterocycles. The van der Waals surface area contributed by atoms with Crippen molar-refractivity contribution in [1.29, 1.82) is 0 Å². The average molecular weight is 415 g/mol. The van der Waals surface area contributed by atoms with Crippen LogP contribution in [0.15, 0.2) is 64.9 Å². The van der Waals surface area contributed by atoms with E-state index in [1.165, 1.54) is 34.7 Å². The minimum atomic E-state index is -3.83. The van der Waals surface area contributed by atoms with Gasteiger partial charge in [-0.3, -0.25) is 4.72 Å². The predicted molar refractivity (Wildman–Crippen MR) is 110 cm³/mol. The van der Waals surface area contributed by atoms with Gasteiger partial charge in [-0.2, -0.15) is 0 Å². The summed E-state index contributed by atoms with van der Waals surface area (Å²) in [5.41, 5.74) is 2.64. The quantitative estimate of drug-likeness (QED) is 0.663. The van der Waals surface area contributed by atoms with Gasteiger partial charge in [0.15, 0.2) is 0 Å². The largest absolute Gasteiger partial charge is 0.478 e. The molecule has 8 heteroatoms.